The molecule has 1 fully saturated rings. The van der Waals surface area contributed by atoms with Gasteiger partial charge in [0.05, 0.1) is 0 Å². The van der Waals surface area contributed by atoms with E-state index in [-0.39, 0.29) is 5.92 Å². The third-order valence-corrected chi connectivity index (χ3v) is 5.60. The molecular formula is C23H26N2O. The van der Waals surface area contributed by atoms with Crippen LogP contribution in [0.3, 0.4) is 0 Å². The van der Waals surface area contributed by atoms with Crippen LogP contribution in [-0.4, -0.2) is 22.3 Å². The number of hydrogen-bond donors (Lipinski definition) is 0. The largest absolute Gasteiger partial charge is 0.338 e. The van der Waals surface area contributed by atoms with Crippen LogP contribution in [0.2, 0.25) is 0 Å². The minimum atomic E-state index is 0.146. The summed E-state index contributed by atoms with van der Waals surface area (Å²) in [5, 5.41) is 0. The molecule has 1 aromatic heterocycles. The second-order valence-electron chi connectivity index (χ2n) is 7.59. The number of rotatable bonds is 6. The summed E-state index contributed by atoms with van der Waals surface area (Å²) in [5.74, 6) is 1.44. The Morgan fingerprint density at radius 3 is 2.73 bits per heavy atom. The highest BCUT2D eigenvalue weighted by atomic mass is 16.2. The quantitative estimate of drug-likeness (QED) is 0.718. The van der Waals surface area contributed by atoms with Crippen LogP contribution in [0.4, 0.5) is 0 Å². The van der Waals surface area contributed by atoms with Crippen molar-refractivity contribution in [3.05, 3.63) is 78.1 Å². The Hall–Kier alpha value is -2.42. The fraction of sp³-hybridized carbons (Fsp3) is 0.391. The molecule has 0 aliphatic heterocycles. The summed E-state index contributed by atoms with van der Waals surface area (Å²) in [5.41, 5.74) is 2.41. The highest BCUT2D eigenvalue weighted by Gasteiger charge is 2.45. The second-order valence-corrected chi connectivity index (χ2v) is 7.59. The number of allylic oxidation sites excluding steroid dienone is 2. The molecule has 0 N–H and O–H groups in total. The smallest absolute Gasteiger partial charge is 0.226 e. The average molecular weight is 346 g/mol. The van der Waals surface area contributed by atoms with E-state index in [1.165, 1.54) is 12.0 Å². The van der Waals surface area contributed by atoms with Gasteiger partial charge in [-0.2, -0.15) is 0 Å². The van der Waals surface area contributed by atoms with Gasteiger partial charge in [-0.15, -0.1) is 0 Å². The predicted octanol–water partition coefficient (Wildman–Crippen LogP) is 4.57. The van der Waals surface area contributed by atoms with Crippen LogP contribution in [0.5, 0.6) is 0 Å². The van der Waals surface area contributed by atoms with E-state index in [2.05, 4.69) is 52.4 Å². The van der Waals surface area contributed by atoms with E-state index in [1.807, 2.05) is 18.3 Å². The van der Waals surface area contributed by atoms with Gasteiger partial charge in [0.2, 0.25) is 5.91 Å². The lowest BCUT2D eigenvalue weighted by molar-refractivity contribution is -0.134. The zero-order valence-corrected chi connectivity index (χ0v) is 15.1. The summed E-state index contributed by atoms with van der Waals surface area (Å²) in [6.07, 6.45) is 12.6. The summed E-state index contributed by atoms with van der Waals surface area (Å²) < 4.78 is 0. The van der Waals surface area contributed by atoms with Gasteiger partial charge in [0, 0.05) is 31.4 Å². The van der Waals surface area contributed by atoms with Crippen LogP contribution in [0.15, 0.2) is 67.0 Å². The Morgan fingerprint density at radius 2 is 2.00 bits per heavy atom. The molecule has 1 aromatic carbocycles. The lowest BCUT2D eigenvalue weighted by Crippen LogP contribution is -2.36. The van der Waals surface area contributed by atoms with Gasteiger partial charge in [-0.05, 0) is 54.7 Å². The average Bonchev–Trinajstić information content (AvgIpc) is 3.50. The standard InChI is InChI=1S/C23H26N2O/c26-23(22-14-21(22)20-11-5-2-6-12-20)25(16-18-8-3-1-4-9-18)17-19-10-7-13-24-15-19/h1-3,5-7,10-13,15,18,21-22H,4,8-9,14,16-17H2/t18-,21+,22+/m1/s1. The van der Waals surface area contributed by atoms with Gasteiger partial charge >= 0.3 is 0 Å². The van der Waals surface area contributed by atoms with Gasteiger partial charge in [0.25, 0.3) is 0 Å². The summed E-state index contributed by atoms with van der Waals surface area (Å²) in [6.45, 7) is 1.53. The molecule has 26 heavy (non-hydrogen) atoms. The van der Waals surface area contributed by atoms with Crippen molar-refractivity contribution < 1.29 is 4.79 Å². The summed E-state index contributed by atoms with van der Waals surface area (Å²) in [7, 11) is 0. The highest BCUT2D eigenvalue weighted by Crippen LogP contribution is 2.48. The molecule has 0 spiro atoms. The molecule has 0 unspecified atom stereocenters. The molecule has 134 valence electrons. The van der Waals surface area contributed by atoms with E-state index < -0.39 is 0 Å². The molecule has 1 heterocycles. The fourth-order valence-corrected chi connectivity index (χ4v) is 4.05. The molecule has 2 aliphatic carbocycles. The Bertz CT molecular complexity index is 756. The van der Waals surface area contributed by atoms with Gasteiger partial charge in [-0.25, -0.2) is 0 Å². The van der Waals surface area contributed by atoms with Crippen LogP contribution in [-0.2, 0) is 11.3 Å². The fourth-order valence-electron chi connectivity index (χ4n) is 4.05. The SMILES string of the molecule is O=C([C@H]1C[C@H]1c1ccccc1)N(Cc1cccnc1)C[C@@H]1CC=CCC1. The van der Waals surface area contributed by atoms with Gasteiger partial charge < -0.3 is 4.90 Å². The maximum Gasteiger partial charge on any atom is 0.226 e. The second kappa shape index (κ2) is 7.86. The minimum Gasteiger partial charge on any atom is -0.338 e. The van der Waals surface area contributed by atoms with Crippen molar-refractivity contribution in [3.8, 4) is 0 Å². The number of aromatic nitrogens is 1. The summed E-state index contributed by atoms with van der Waals surface area (Å²) in [4.78, 5) is 19.6. The van der Waals surface area contributed by atoms with E-state index in [0.29, 0.717) is 24.3 Å². The van der Waals surface area contributed by atoms with E-state index in [4.69, 9.17) is 0 Å². The van der Waals surface area contributed by atoms with Crippen LogP contribution in [0.1, 0.15) is 42.7 Å². The first-order valence-corrected chi connectivity index (χ1v) is 9.69. The maximum atomic E-state index is 13.3. The monoisotopic (exact) mass is 346 g/mol. The third kappa shape index (κ3) is 4.04. The van der Waals surface area contributed by atoms with Gasteiger partial charge in [-0.3, -0.25) is 9.78 Å². The lowest BCUT2D eigenvalue weighted by Gasteiger charge is -2.29. The van der Waals surface area contributed by atoms with Crippen molar-refractivity contribution in [1.82, 2.24) is 9.88 Å². The number of amides is 1. The van der Waals surface area contributed by atoms with E-state index in [9.17, 15) is 4.79 Å². The molecule has 4 rings (SSSR count). The number of carbonyl (C=O) groups excluding carboxylic acids is 1. The van der Waals surface area contributed by atoms with Crippen LogP contribution in [0, 0.1) is 11.8 Å². The predicted molar refractivity (Wildman–Crippen MR) is 103 cm³/mol. The molecule has 0 radical (unpaired) electrons. The number of carbonyl (C=O) groups is 1. The number of hydrogen-bond acceptors (Lipinski definition) is 2. The van der Waals surface area contributed by atoms with Crippen molar-refractivity contribution >= 4 is 5.91 Å². The Morgan fingerprint density at radius 1 is 1.12 bits per heavy atom. The zero-order chi connectivity index (χ0) is 17.8. The molecule has 0 bridgehead atoms. The first-order chi connectivity index (χ1) is 12.8. The molecule has 1 saturated carbocycles. The maximum absolute atomic E-state index is 13.3. The summed E-state index contributed by atoms with van der Waals surface area (Å²) in [6, 6.07) is 14.5. The van der Waals surface area contributed by atoms with Gasteiger partial charge in [0.15, 0.2) is 0 Å². The minimum absolute atomic E-state index is 0.146. The van der Waals surface area contributed by atoms with Crippen molar-refractivity contribution in [1.29, 1.82) is 0 Å². The molecular weight excluding hydrogens is 320 g/mol. The zero-order valence-electron chi connectivity index (χ0n) is 15.1. The van der Waals surface area contributed by atoms with Gasteiger partial charge in [0.1, 0.15) is 0 Å². The topological polar surface area (TPSA) is 33.2 Å². The molecule has 2 aliphatic rings. The summed E-state index contributed by atoms with van der Waals surface area (Å²) >= 11 is 0. The number of benzene rings is 1. The van der Waals surface area contributed by atoms with Crippen molar-refractivity contribution in [2.45, 2.75) is 38.1 Å². The van der Waals surface area contributed by atoms with E-state index >= 15 is 0 Å². The number of pyridine rings is 1. The first kappa shape index (κ1) is 17.0. The van der Waals surface area contributed by atoms with Crippen molar-refractivity contribution in [2.75, 3.05) is 6.54 Å². The molecule has 3 heteroatoms. The highest BCUT2D eigenvalue weighted by molar-refractivity contribution is 5.83. The van der Waals surface area contributed by atoms with E-state index in [1.54, 1.807) is 6.20 Å². The Balaban J connectivity index is 1.46. The molecule has 2 aromatic rings. The van der Waals surface area contributed by atoms with Crippen molar-refractivity contribution in [2.24, 2.45) is 11.8 Å². The van der Waals surface area contributed by atoms with Crippen LogP contribution >= 0.6 is 0 Å². The number of nitrogens with zero attached hydrogens (tertiary/aromatic N) is 2. The molecule has 3 atom stereocenters. The first-order valence-electron chi connectivity index (χ1n) is 9.69. The van der Waals surface area contributed by atoms with Crippen LogP contribution in [0.25, 0.3) is 0 Å². The van der Waals surface area contributed by atoms with Crippen molar-refractivity contribution in [3.63, 3.8) is 0 Å². The third-order valence-electron chi connectivity index (χ3n) is 5.60. The Labute approximate surface area is 155 Å². The molecule has 1 amide bonds. The Kier molecular flexibility index (Phi) is 5.14. The molecule has 3 nitrogen and oxygen atoms in total. The molecule has 0 saturated heterocycles. The van der Waals surface area contributed by atoms with Gasteiger partial charge in [-0.1, -0.05) is 48.6 Å². The lowest BCUT2D eigenvalue weighted by atomic mass is 9.93. The van der Waals surface area contributed by atoms with Crippen LogP contribution < -0.4 is 0 Å². The normalized spacial score (nSPS) is 24.2. The van der Waals surface area contributed by atoms with E-state index in [0.717, 1.165) is 31.4 Å².